The van der Waals surface area contributed by atoms with Gasteiger partial charge in [-0.3, -0.25) is 0 Å². The summed E-state index contributed by atoms with van der Waals surface area (Å²) in [5.74, 6) is -2.62. The standard InChI is InChI=1S/C10H7F2NO2S/c11-5-1-2-6(7(12)3-5)9-8(10(14)15)13-4-16-9/h1-4,6-7H,(H,14,15). The first-order valence-corrected chi connectivity index (χ1v) is 5.34. The molecular formula is C10H7F2NO2S. The Morgan fingerprint density at radius 3 is 2.94 bits per heavy atom. The van der Waals surface area contributed by atoms with Gasteiger partial charge in [-0.1, -0.05) is 6.08 Å². The lowest BCUT2D eigenvalue weighted by molar-refractivity contribution is 0.0689. The number of nitrogens with zero attached hydrogens (tertiary/aromatic N) is 1. The maximum Gasteiger partial charge on any atom is 0.355 e. The van der Waals surface area contributed by atoms with Crippen LogP contribution in [0.2, 0.25) is 0 Å². The molecule has 0 bridgehead atoms. The molecule has 3 nitrogen and oxygen atoms in total. The fourth-order valence-electron chi connectivity index (χ4n) is 1.50. The number of carboxylic acid groups (broad SMARTS) is 1. The molecule has 16 heavy (non-hydrogen) atoms. The summed E-state index contributed by atoms with van der Waals surface area (Å²) in [4.78, 5) is 14.8. The van der Waals surface area contributed by atoms with E-state index in [0.29, 0.717) is 4.88 Å². The van der Waals surface area contributed by atoms with Crippen LogP contribution in [0, 0.1) is 0 Å². The summed E-state index contributed by atoms with van der Waals surface area (Å²) in [5.41, 5.74) is 1.17. The number of carboxylic acids is 1. The number of thiazole rings is 1. The topological polar surface area (TPSA) is 50.2 Å². The molecule has 0 aromatic carbocycles. The summed E-state index contributed by atoms with van der Waals surface area (Å²) in [5, 5.41) is 8.83. The van der Waals surface area contributed by atoms with E-state index >= 15 is 0 Å². The predicted octanol–water partition coefficient (Wildman–Crippen LogP) is 2.69. The maximum absolute atomic E-state index is 13.5. The number of hydrogen-bond acceptors (Lipinski definition) is 3. The third-order valence-electron chi connectivity index (χ3n) is 2.22. The van der Waals surface area contributed by atoms with E-state index < -0.39 is 23.9 Å². The summed E-state index contributed by atoms with van der Waals surface area (Å²) >= 11 is 1.05. The molecule has 1 aromatic rings. The van der Waals surface area contributed by atoms with E-state index in [9.17, 15) is 13.6 Å². The van der Waals surface area contributed by atoms with Crippen molar-refractivity contribution in [1.29, 1.82) is 0 Å². The first-order valence-electron chi connectivity index (χ1n) is 4.46. The number of halogens is 2. The summed E-state index contributed by atoms with van der Waals surface area (Å²) in [6.07, 6.45) is 1.73. The number of allylic oxidation sites excluding steroid dienone is 4. The molecule has 0 amide bonds. The van der Waals surface area contributed by atoms with Crippen LogP contribution in [0.25, 0.3) is 0 Å². The number of aromatic carboxylic acids is 1. The Kier molecular flexibility index (Phi) is 2.82. The lowest BCUT2D eigenvalue weighted by Gasteiger charge is -2.16. The molecule has 0 fully saturated rings. The minimum Gasteiger partial charge on any atom is -0.476 e. The highest BCUT2D eigenvalue weighted by Crippen LogP contribution is 2.34. The fraction of sp³-hybridized carbons (Fsp3) is 0.200. The first-order chi connectivity index (χ1) is 7.59. The van der Waals surface area contributed by atoms with Crippen LogP contribution in [0.3, 0.4) is 0 Å². The Morgan fingerprint density at radius 1 is 1.56 bits per heavy atom. The van der Waals surface area contributed by atoms with E-state index in [4.69, 9.17) is 5.11 Å². The average Bonchev–Trinajstić information content (AvgIpc) is 2.66. The molecule has 0 radical (unpaired) electrons. The van der Waals surface area contributed by atoms with Crippen LogP contribution in [-0.4, -0.2) is 22.2 Å². The monoisotopic (exact) mass is 243 g/mol. The Labute approximate surface area is 93.7 Å². The zero-order valence-electron chi connectivity index (χ0n) is 7.93. The highest BCUT2D eigenvalue weighted by Gasteiger charge is 2.28. The third kappa shape index (κ3) is 1.88. The molecule has 2 unspecified atom stereocenters. The van der Waals surface area contributed by atoms with Crippen molar-refractivity contribution in [2.75, 3.05) is 0 Å². The van der Waals surface area contributed by atoms with E-state index in [1.54, 1.807) is 0 Å². The molecule has 6 heteroatoms. The van der Waals surface area contributed by atoms with Crippen LogP contribution in [0.1, 0.15) is 21.3 Å². The number of hydrogen-bond donors (Lipinski definition) is 1. The molecule has 1 heterocycles. The second kappa shape index (κ2) is 4.13. The van der Waals surface area contributed by atoms with Gasteiger partial charge < -0.3 is 5.11 Å². The highest BCUT2D eigenvalue weighted by atomic mass is 32.1. The van der Waals surface area contributed by atoms with E-state index in [1.807, 2.05) is 0 Å². The second-order valence-electron chi connectivity index (χ2n) is 3.25. The van der Waals surface area contributed by atoms with Crippen molar-refractivity contribution in [3.05, 3.63) is 40.1 Å². The zero-order valence-corrected chi connectivity index (χ0v) is 8.75. The molecule has 84 valence electrons. The van der Waals surface area contributed by atoms with Gasteiger partial charge in [0, 0.05) is 10.8 Å². The van der Waals surface area contributed by atoms with Crippen molar-refractivity contribution in [2.45, 2.75) is 12.1 Å². The van der Waals surface area contributed by atoms with Gasteiger partial charge in [-0.05, 0) is 12.2 Å². The van der Waals surface area contributed by atoms with Crippen LogP contribution >= 0.6 is 11.3 Å². The van der Waals surface area contributed by atoms with Crippen LogP contribution in [0.4, 0.5) is 8.78 Å². The van der Waals surface area contributed by atoms with Gasteiger partial charge in [0.25, 0.3) is 0 Å². The van der Waals surface area contributed by atoms with Gasteiger partial charge in [0.15, 0.2) is 5.69 Å². The van der Waals surface area contributed by atoms with E-state index in [1.165, 1.54) is 11.6 Å². The molecule has 0 saturated carbocycles. The van der Waals surface area contributed by atoms with Crippen LogP contribution in [0.15, 0.2) is 29.6 Å². The maximum atomic E-state index is 13.5. The molecule has 0 saturated heterocycles. The van der Waals surface area contributed by atoms with Crippen LogP contribution in [0.5, 0.6) is 0 Å². The molecule has 2 rings (SSSR count). The Balaban J connectivity index is 2.36. The quantitative estimate of drug-likeness (QED) is 0.868. The van der Waals surface area contributed by atoms with Gasteiger partial charge in [0.1, 0.15) is 12.0 Å². The van der Waals surface area contributed by atoms with Gasteiger partial charge >= 0.3 is 5.97 Å². The van der Waals surface area contributed by atoms with Gasteiger partial charge in [-0.2, -0.15) is 0 Å². The van der Waals surface area contributed by atoms with Crippen LogP contribution in [-0.2, 0) is 0 Å². The minimum absolute atomic E-state index is 0.169. The summed E-state index contributed by atoms with van der Waals surface area (Å²) in [6, 6.07) is 0. The Bertz CT molecular complexity index is 481. The normalized spacial score (nSPS) is 24.2. The van der Waals surface area contributed by atoms with Crippen molar-refractivity contribution in [3.63, 3.8) is 0 Å². The SMILES string of the molecule is O=C(O)c1ncsc1C1C=CC(F)=CC1F. The molecule has 0 aliphatic heterocycles. The predicted molar refractivity (Wildman–Crippen MR) is 55.0 cm³/mol. The average molecular weight is 243 g/mol. The largest absolute Gasteiger partial charge is 0.476 e. The Morgan fingerprint density at radius 2 is 2.31 bits per heavy atom. The molecule has 1 aliphatic rings. The fourth-order valence-corrected chi connectivity index (χ4v) is 2.39. The van der Waals surface area contributed by atoms with Crippen molar-refractivity contribution in [2.24, 2.45) is 0 Å². The smallest absolute Gasteiger partial charge is 0.355 e. The second-order valence-corrected chi connectivity index (χ2v) is 4.14. The molecule has 0 spiro atoms. The van der Waals surface area contributed by atoms with E-state index in [2.05, 4.69) is 4.98 Å². The molecule has 1 aliphatic carbocycles. The Hall–Kier alpha value is -1.56. The molecular weight excluding hydrogens is 236 g/mol. The van der Waals surface area contributed by atoms with E-state index in [0.717, 1.165) is 23.5 Å². The third-order valence-corrected chi connectivity index (χ3v) is 3.15. The molecule has 1 aromatic heterocycles. The number of rotatable bonds is 2. The molecule has 1 N–H and O–H groups in total. The van der Waals surface area contributed by atoms with Crippen molar-refractivity contribution >= 4 is 17.3 Å². The summed E-state index contributed by atoms with van der Waals surface area (Å²) in [6.45, 7) is 0. The van der Waals surface area contributed by atoms with Gasteiger partial charge in [0.2, 0.25) is 0 Å². The summed E-state index contributed by atoms with van der Waals surface area (Å²) in [7, 11) is 0. The van der Waals surface area contributed by atoms with Crippen molar-refractivity contribution < 1.29 is 18.7 Å². The number of carbonyl (C=O) groups is 1. The summed E-state index contributed by atoms with van der Waals surface area (Å²) < 4.78 is 26.2. The van der Waals surface area contributed by atoms with E-state index in [-0.39, 0.29) is 5.69 Å². The van der Waals surface area contributed by atoms with Crippen molar-refractivity contribution in [3.8, 4) is 0 Å². The van der Waals surface area contributed by atoms with Crippen molar-refractivity contribution in [1.82, 2.24) is 4.98 Å². The molecule has 2 atom stereocenters. The zero-order chi connectivity index (χ0) is 11.7. The first kappa shape index (κ1) is 10.9. The lowest BCUT2D eigenvalue weighted by atomic mass is 9.95. The van der Waals surface area contributed by atoms with Gasteiger partial charge in [-0.25, -0.2) is 18.6 Å². The number of alkyl halides is 1. The lowest BCUT2D eigenvalue weighted by Crippen LogP contribution is -2.14. The van der Waals surface area contributed by atoms with Crippen LogP contribution < -0.4 is 0 Å². The minimum atomic E-state index is -1.55. The number of aromatic nitrogens is 1. The van der Waals surface area contributed by atoms with Gasteiger partial charge in [-0.15, -0.1) is 11.3 Å². The highest BCUT2D eigenvalue weighted by molar-refractivity contribution is 7.10. The van der Waals surface area contributed by atoms with Gasteiger partial charge in [0.05, 0.1) is 5.51 Å².